The fraction of sp³-hybridized carbons (Fsp3) is 0.565. The number of hydrogen-bond donors (Lipinski definition) is 0. The zero-order valence-electron chi connectivity index (χ0n) is 17.5. The second kappa shape index (κ2) is 8.35. The number of ether oxygens (including phenoxy) is 1. The highest BCUT2D eigenvalue weighted by molar-refractivity contribution is 8.00. The van der Waals surface area contributed by atoms with Crippen molar-refractivity contribution >= 4 is 52.2 Å². The summed E-state index contributed by atoms with van der Waals surface area (Å²) in [5.74, 6) is 1.84. The van der Waals surface area contributed by atoms with Crippen LogP contribution in [0.2, 0.25) is 10.0 Å². The van der Waals surface area contributed by atoms with Crippen molar-refractivity contribution in [1.82, 2.24) is 9.47 Å². The van der Waals surface area contributed by atoms with Gasteiger partial charge in [0, 0.05) is 29.1 Å². The molecule has 1 aromatic carbocycles. The van der Waals surface area contributed by atoms with Crippen molar-refractivity contribution < 1.29 is 9.53 Å². The number of benzene rings is 1. The maximum atomic E-state index is 13.2. The average molecular weight is 511 g/mol. The van der Waals surface area contributed by atoms with Crippen molar-refractivity contribution in [2.24, 2.45) is 17.8 Å². The number of carbonyl (C=O) groups excluding carboxylic acids is 1. The van der Waals surface area contributed by atoms with E-state index in [1.807, 2.05) is 23.9 Å². The molecule has 3 heterocycles. The summed E-state index contributed by atoms with van der Waals surface area (Å²) in [6.07, 6.45) is 3.76. The molecule has 1 aromatic heterocycles. The Kier molecular flexibility index (Phi) is 5.62. The molecule has 170 valence electrons. The maximum absolute atomic E-state index is 13.2. The Labute approximate surface area is 205 Å². The molecule has 3 fully saturated rings. The second-order valence-corrected chi connectivity index (χ2v) is 12.2. The molecule has 2 bridgehead atoms. The average Bonchev–Trinajstić information content (AvgIpc) is 3.49. The highest BCUT2D eigenvalue weighted by Crippen LogP contribution is 2.64. The van der Waals surface area contributed by atoms with Gasteiger partial charge in [0.15, 0.2) is 0 Å². The van der Waals surface area contributed by atoms with Crippen LogP contribution in [-0.4, -0.2) is 46.9 Å². The molecule has 2 aromatic rings. The van der Waals surface area contributed by atoms with Gasteiger partial charge in [0.25, 0.3) is 0 Å². The van der Waals surface area contributed by atoms with Crippen LogP contribution in [0.5, 0.6) is 0 Å². The molecule has 0 spiro atoms. The van der Waals surface area contributed by atoms with Crippen LogP contribution in [0.4, 0.5) is 0 Å². The number of aromatic nitrogens is 1. The smallest absolute Gasteiger partial charge is 0.308 e. The third kappa shape index (κ3) is 3.38. The van der Waals surface area contributed by atoms with Gasteiger partial charge in [0.05, 0.1) is 28.3 Å². The van der Waals surface area contributed by atoms with Crippen LogP contribution in [0.1, 0.15) is 35.6 Å². The van der Waals surface area contributed by atoms with E-state index >= 15 is 0 Å². The van der Waals surface area contributed by atoms with E-state index in [0.29, 0.717) is 59.4 Å². The minimum Gasteiger partial charge on any atom is -0.378 e. The molecule has 4 aliphatic rings. The molecule has 9 heteroatoms. The van der Waals surface area contributed by atoms with Crippen molar-refractivity contribution in [3.8, 4) is 0 Å². The summed E-state index contributed by atoms with van der Waals surface area (Å²) in [6.45, 7) is 2.38. The summed E-state index contributed by atoms with van der Waals surface area (Å²) in [4.78, 5) is 29.0. The fourth-order valence-electron chi connectivity index (χ4n) is 6.24. The lowest BCUT2D eigenvalue weighted by molar-refractivity contribution is -0.136. The molecule has 2 saturated carbocycles. The maximum Gasteiger partial charge on any atom is 0.308 e. The number of rotatable bonds is 3. The molecule has 5 atom stereocenters. The largest absolute Gasteiger partial charge is 0.378 e. The number of halogens is 2. The zero-order valence-corrected chi connectivity index (χ0v) is 20.6. The van der Waals surface area contributed by atoms with Gasteiger partial charge >= 0.3 is 4.87 Å². The van der Waals surface area contributed by atoms with Gasteiger partial charge in [-0.05, 0) is 48.6 Å². The third-order valence-corrected chi connectivity index (χ3v) is 11.3. The molecule has 0 unspecified atom stereocenters. The molecule has 0 radical (unpaired) electrons. The van der Waals surface area contributed by atoms with Crippen LogP contribution in [0, 0.1) is 17.8 Å². The zero-order chi connectivity index (χ0) is 22.0. The number of carbonyl (C=O) groups is 1. The summed E-state index contributed by atoms with van der Waals surface area (Å²) >= 11 is 16.3. The van der Waals surface area contributed by atoms with E-state index < -0.39 is 0 Å². The molecular formula is C23H24Cl2N2O3S2. The lowest BCUT2D eigenvalue weighted by Crippen LogP contribution is -2.43. The molecule has 6 rings (SSSR count). The first-order valence-corrected chi connectivity index (χ1v) is 13.7. The molecule has 1 saturated heterocycles. The number of fused-ring (bicyclic) bond motifs is 6. The van der Waals surface area contributed by atoms with Crippen molar-refractivity contribution in [3.63, 3.8) is 0 Å². The molecule has 2 aliphatic carbocycles. The van der Waals surface area contributed by atoms with Crippen LogP contribution in [0.3, 0.4) is 0 Å². The predicted molar refractivity (Wildman–Crippen MR) is 128 cm³/mol. The van der Waals surface area contributed by atoms with Gasteiger partial charge in [0.2, 0.25) is 5.91 Å². The Hall–Kier alpha value is -0.990. The Balaban J connectivity index is 1.43. The van der Waals surface area contributed by atoms with Gasteiger partial charge in [-0.1, -0.05) is 46.7 Å². The van der Waals surface area contributed by atoms with Crippen molar-refractivity contribution in [2.45, 2.75) is 42.0 Å². The first kappa shape index (κ1) is 21.5. The highest BCUT2D eigenvalue weighted by Gasteiger charge is 2.55. The fourth-order valence-corrected chi connectivity index (χ4v) is 9.81. The number of hydrogen-bond acceptors (Lipinski definition) is 5. The van der Waals surface area contributed by atoms with Crippen molar-refractivity contribution in [3.05, 3.63) is 48.4 Å². The molecule has 2 aliphatic heterocycles. The van der Waals surface area contributed by atoms with E-state index in [1.165, 1.54) is 30.6 Å². The molecule has 5 nitrogen and oxygen atoms in total. The summed E-state index contributed by atoms with van der Waals surface area (Å²) in [6, 6.07) is 5.84. The van der Waals surface area contributed by atoms with E-state index in [9.17, 15) is 9.59 Å². The molecular weight excluding hydrogens is 487 g/mol. The monoisotopic (exact) mass is 510 g/mol. The Morgan fingerprint density at radius 1 is 1.16 bits per heavy atom. The van der Waals surface area contributed by atoms with Crippen LogP contribution < -0.4 is 4.87 Å². The first-order valence-electron chi connectivity index (χ1n) is 11.2. The Morgan fingerprint density at radius 3 is 2.75 bits per heavy atom. The van der Waals surface area contributed by atoms with E-state index in [0.717, 1.165) is 15.5 Å². The summed E-state index contributed by atoms with van der Waals surface area (Å²) < 4.78 is 7.09. The summed E-state index contributed by atoms with van der Waals surface area (Å²) in [5, 5.41) is 2.57. The number of thiazole rings is 1. The minimum atomic E-state index is -0.0559. The van der Waals surface area contributed by atoms with Gasteiger partial charge in [-0.2, -0.15) is 0 Å². The van der Waals surface area contributed by atoms with Gasteiger partial charge in [-0.15, -0.1) is 11.8 Å². The Morgan fingerprint density at radius 2 is 1.94 bits per heavy atom. The number of amides is 1. The molecule has 1 amide bonds. The van der Waals surface area contributed by atoms with E-state index in [-0.39, 0.29) is 23.2 Å². The number of nitrogens with zero attached hydrogens (tertiary/aromatic N) is 2. The highest BCUT2D eigenvalue weighted by atomic mass is 35.5. The predicted octanol–water partition coefficient (Wildman–Crippen LogP) is 4.73. The number of thioether (sulfide) groups is 1. The summed E-state index contributed by atoms with van der Waals surface area (Å²) in [5.41, 5.74) is 1.02. The lowest BCUT2D eigenvalue weighted by atomic mass is 9.75. The van der Waals surface area contributed by atoms with Crippen LogP contribution >= 0.6 is 46.3 Å². The van der Waals surface area contributed by atoms with Gasteiger partial charge in [-0.3, -0.25) is 14.2 Å². The van der Waals surface area contributed by atoms with Gasteiger partial charge < -0.3 is 9.64 Å². The standard InChI is InChI=1S/C23H24Cl2N2O3S2/c24-15-3-1-2-14(19(15)25)18-17-12-4-5-13(10-12)20(17)31-22-21(18)32-23(29)27(22)11-16(28)26-6-8-30-9-7-26/h1-3,12-13,17-18,20H,4-11H2/t12-,13-,17-,18-,20+/m0/s1. The SMILES string of the molecule is O=C(Cn1c2c(sc1=O)[C@@H](c1cccc(Cl)c1Cl)[C@@H]1[C@H]3CC[C@@H](C3)[C@H]1S2)N1CCOCC1. The molecule has 32 heavy (non-hydrogen) atoms. The number of morpholine rings is 1. The first-order chi connectivity index (χ1) is 15.5. The van der Waals surface area contributed by atoms with Crippen molar-refractivity contribution in [1.29, 1.82) is 0 Å². The van der Waals surface area contributed by atoms with Crippen LogP contribution in [0.25, 0.3) is 0 Å². The van der Waals surface area contributed by atoms with Crippen molar-refractivity contribution in [2.75, 3.05) is 26.3 Å². The Bertz CT molecular complexity index is 1130. The lowest BCUT2D eigenvalue weighted by Gasteiger charge is -2.41. The third-order valence-electron chi connectivity index (χ3n) is 7.66. The van der Waals surface area contributed by atoms with Gasteiger partial charge in [-0.25, -0.2) is 0 Å². The van der Waals surface area contributed by atoms with Gasteiger partial charge in [0.1, 0.15) is 6.54 Å². The van der Waals surface area contributed by atoms with Crippen LogP contribution in [0.15, 0.2) is 28.0 Å². The topological polar surface area (TPSA) is 51.5 Å². The molecule has 0 N–H and O–H groups in total. The summed E-state index contributed by atoms with van der Waals surface area (Å²) in [7, 11) is 0. The van der Waals surface area contributed by atoms with E-state index in [1.54, 1.807) is 9.47 Å². The quantitative estimate of drug-likeness (QED) is 0.598. The normalized spacial score (nSPS) is 30.9. The van der Waals surface area contributed by atoms with E-state index in [2.05, 4.69) is 6.07 Å². The van der Waals surface area contributed by atoms with E-state index in [4.69, 9.17) is 27.9 Å². The minimum absolute atomic E-state index is 0.0102. The second-order valence-electron chi connectivity index (χ2n) is 9.23. The van der Waals surface area contributed by atoms with Crippen LogP contribution in [-0.2, 0) is 16.1 Å².